The van der Waals surface area contributed by atoms with Gasteiger partial charge in [0.05, 0.1) is 0 Å². The van der Waals surface area contributed by atoms with Crippen molar-refractivity contribution in [1.29, 1.82) is 0 Å². The maximum atomic E-state index is 4.03. The molecular formula is C7H5N2Rb. The molecule has 0 atom stereocenters. The fourth-order valence-corrected chi connectivity index (χ4v) is 0.806. The van der Waals surface area contributed by atoms with E-state index < -0.39 is 0 Å². The normalized spacial score (nSPS) is 9.20. The number of imidazole rings is 1. The molecule has 0 bridgehead atoms. The van der Waals surface area contributed by atoms with Gasteiger partial charge in [-0.2, -0.15) is 0 Å². The average Bonchev–Trinajstić information content (AvgIpc) is 2.33. The van der Waals surface area contributed by atoms with E-state index in [0.29, 0.717) is 0 Å². The van der Waals surface area contributed by atoms with Crippen LogP contribution in [0.15, 0.2) is 30.6 Å². The van der Waals surface area contributed by atoms with Gasteiger partial charge in [-0.25, -0.2) is 0 Å². The molecule has 0 aromatic carbocycles. The molecule has 44 valence electrons. The van der Waals surface area contributed by atoms with E-state index in [2.05, 4.69) is 11.2 Å². The molecule has 0 N–H and O–H groups in total. The molecule has 2 nitrogen and oxygen atoms in total. The Morgan fingerprint density at radius 2 is 2.30 bits per heavy atom. The monoisotopic (exact) mass is 202 g/mol. The van der Waals surface area contributed by atoms with E-state index in [1.165, 1.54) is 0 Å². The summed E-state index contributed by atoms with van der Waals surface area (Å²) in [6.45, 7) is 0. The number of rotatable bonds is 0. The third-order valence-corrected chi connectivity index (χ3v) is 1.23. The molecule has 0 aliphatic heterocycles. The standard InChI is InChI=1S/C7H5N2.Rb/c1-2-5-9-6-4-8-7(9)3-1;/h1-5H;/q-1;+1. The molecular weight excluding hydrogens is 198 g/mol. The second-order valence-electron chi connectivity index (χ2n) is 1.82. The summed E-state index contributed by atoms with van der Waals surface area (Å²) in [6, 6.07) is 5.85. The van der Waals surface area contributed by atoms with Gasteiger partial charge < -0.3 is 9.38 Å². The third-order valence-electron chi connectivity index (χ3n) is 1.23. The van der Waals surface area contributed by atoms with Gasteiger partial charge in [0.15, 0.2) is 0 Å². The van der Waals surface area contributed by atoms with Gasteiger partial charge in [0.25, 0.3) is 0 Å². The molecule has 0 aliphatic rings. The summed E-state index contributed by atoms with van der Waals surface area (Å²) in [4.78, 5) is 4.03. The molecule has 0 amide bonds. The first kappa shape index (κ1) is 8.59. The van der Waals surface area contributed by atoms with Crippen LogP contribution in [0.1, 0.15) is 0 Å². The van der Waals surface area contributed by atoms with Crippen molar-refractivity contribution in [3.63, 3.8) is 0 Å². The Morgan fingerprint density at radius 3 is 3.10 bits per heavy atom. The second kappa shape index (κ2) is 3.76. The minimum atomic E-state index is 0. The Morgan fingerprint density at radius 1 is 1.40 bits per heavy atom. The van der Waals surface area contributed by atoms with Gasteiger partial charge in [-0.05, 0) is 6.20 Å². The van der Waals surface area contributed by atoms with Crippen LogP contribution >= 0.6 is 0 Å². The van der Waals surface area contributed by atoms with Crippen molar-refractivity contribution in [2.45, 2.75) is 0 Å². The molecule has 0 fully saturated rings. The van der Waals surface area contributed by atoms with E-state index in [9.17, 15) is 0 Å². The third kappa shape index (κ3) is 1.56. The van der Waals surface area contributed by atoms with E-state index in [1.807, 2.05) is 28.8 Å². The molecule has 2 rings (SSSR count). The average molecular weight is 203 g/mol. The maximum absolute atomic E-state index is 4.03. The van der Waals surface area contributed by atoms with Crippen LogP contribution < -0.4 is 58.2 Å². The molecule has 2 aromatic rings. The van der Waals surface area contributed by atoms with Crippen LogP contribution in [-0.2, 0) is 0 Å². The van der Waals surface area contributed by atoms with Gasteiger partial charge >= 0.3 is 58.2 Å². The van der Waals surface area contributed by atoms with Crippen molar-refractivity contribution < 1.29 is 58.2 Å². The van der Waals surface area contributed by atoms with Gasteiger partial charge in [-0.3, -0.25) is 0 Å². The summed E-state index contributed by atoms with van der Waals surface area (Å²) < 4.78 is 1.85. The van der Waals surface area contributed by atoms with Gasteiger partial charge in [-0.15, -0.1) is 6.07 Å². The number of hydrogen-bond donors (Lipinski definition) is 0. The molecule has 0 saturated carbocycles. The first-order valence-corrected chi connectivity index (χ1v) is 2.76. The van der Waals surface area contributed by atoms with Gasteiger partial charge in [0.1, 0.15) is 0 Å². The number of hydrogen-bond acceptors (Lipinski definition) is 1. The van der Waals surface area contributed by atoms with Crippen LogP contribution in [0.2, 0.25) is 0 Å². The summed E-state index contributed by atoms with van der Waals surface area (Å²) in [5.41, 5.74) is 0.942. The number of aromatic nitrogens is 2. The van der Waals surface area contributed by atoms with Crippen LogP contribution in [0.25, 0.3) is 5.65 Å². The van der Waals surface area contributed by atoms with Crippen molar-refractivity contribution >= 4 is 5.65 Å². The molecule has 2 heterocycles. The minimum absolute atomic E-state index is 0. The Labute approximate surface area is 108 Å². The summed E-state index contributed by atoms with van der Waals surface area (Å²) in [7, 11) is 0. The summed E-state index contributed by atoms with van der Waals surface area (Å²) in [6.07, 6.45) is 6.51. The Balaban J connectivity index is 0.000000500. The summed E-state index contributed by atoms with van der Waals surface area (Å²) in [5, 5.41) is 0. The molecule has 3 heteroatoms. The fourth-order valence-electron chi connectivity index (χ4n) is 0.806. The molecule has 0 unspecified atom stereocenters. The quantitative estimate of drug-likeness (QED) is 0.458. The predicted molar refractivity (Wildman–Crippen MR) is 34.0 cm³/mol. The van der Waals surface area contributed by atoms with E-state index in [4.69, 9.17) is 0 Å². The van der Waals surface area contributed by atoms with E-state index >= 15 is 0 Å². The number of nitrogens with zero attached hydrogens (tertiary/aromatic N) is 2. The number of fused-ring (bicyclic) bond motifs is 1. The zero-order valence-corrected chi connectivity index (χ0v) is 10.7. The maximum Gasteiger partial charge on any atom is 1.00 e. The zero-order valence-electron chi connectivity index (χ0n) is 5.78. The molecule has 0 saturated heterocycles. The molecule has 10 heavy (non-hydrogen) atoms. The van der Waals surface area contributed by atoms with Crippen molar-refractivity contribution in [1.82, 2.24) is 9.38 Å². The van der Waals surface area contributed by atoms with Crippen LogP contribution in [0.4, 0.5) is 0 Å². The van der Waals surface area contributed by atoms with Gasteiger partial charge in [0.2, 0.25) is 0 Å². The van der Waals surface area contributed by atoms with E-state index in [0.717, 1.165) is 5.65 Å². The fraction of sp³-hybridized carbons (Fsp3) is 0. The SMILES string of the molecule is [Rb+].[c-]1cnc2ccccn12. The topological polar surface area (TPSA) is 17.3 Å². The Hall–Kier alpha value is 0.495. The largest absolute Gasteiger partial charge is 1.00 e. The summed E-state index contributed by atoms with van der Waals surface area (Å²) in [5.74, 6) is 0. The first-order chi connectivity index (χ1) is 4.47. The molecule has 0 radical (unpaired) electrons. The molecule has 2 aromatic heterocycles. The van der Waals surface area contributed by atoms with E-state index in [-0.39, 0.29) is 58.2 Å². The Kier molecular flexibility index (Phi) is 3.23. The second-order valence-corrected chi connectivity index (χ2v) is 1.82. The predicted octanol–water partition coefficient (Wildman–Crippen LogP) is -1.86. The minimum Gasteiger partial charge on any atom is -0.468 e. The first-order valence-electron chi connectivity index (χ1n) is 2.76. The summed E-state index contributed by atoms with van der Waals surface area (Å²) >= 11 is 0. The van der Waals surface area contributed by atoms with Crippen molar-refractivity contribution in [3.8, 4) is 0 Å². The van der Waals surface area contributed by atoms with Crippen LogP contribution in [-0.4, -0.2) is 9.38 Å². The molecule has 0 aliphatic carbocycles. The van der Waals surface area contributed by atoms with Crippen molar-refractivity contribution in [3.05, 3.63) is 36.8 Å². The van der Waals surface area contributed by atoms with Gasteiger partial charge in [0, 0.05) is 5.65 Å². The van der Waals surface area contributed by atoms with Gasteiger partial charge in [-0.1, -0.05) is 24.5 Å². The smallest absolute Gasteiger partial charge is 0.468 e. The van der Waals surface area contributed by atoms with Crippen LogP contribution in [0, 0.1) is 6.20 Å². The Bertz CT molecular complexity index is 286. The van der Waals surface area contributed by atoms with Crippen LogP contribution in [0.3, 0.4) is 0 Å². The van der Waals surface area contributed by atoms with E-state index in [1.54, 1.807) is 6.20 Å². The molecule has 0 spiro atoms. The number of pyridine rings is 1. The zero-order chi connectivity index (χ0) is 6.10. The van der Waals surface area contributed by atoms with Crippen LogP contribution in [0.5, 0.6) is 0 Å². The van der Waals surface area contributed by atoms with Crippen molar-refractivity contribution in [2.75, 3.05) is 0 Å². The van der Waals surface area contributed by atoms with Crippen molar-refractivity contribution in [2.24, 2.45) is 0 Å².